The van der Waals surface area contributed by atoms with E-state index in [1.807, 2.05) is 0 Å². The van der Waals surface area contributed by atoms with Crippen LogP contribution in [-0.2, 0) is 9.59 Å². The van der Waals surface area contributed by atoms with Crippen molar-refractivity contribution in [3.05, 3.63) is 0 Å². The van der Waals surface area contributed by atoms with Crippen LogP contribution in [-0.4, -0.2) is 54.2 Å². The smallest absolute Gasteiger partial charge is 0.301 e. The molecule has 0 aliphatic carbocycles. The van der Waals surface area contributed by atoms with E-state index in [2.05, 4.69) is 37.5 Å². The molecule has 1 heterocycles. The summed E-state index contributed by atoms with van der Waals surface area (Å²) >= 11 is 0. The van der Waals surface area contributed by atoms with Gasteiger partial charge in [0.1, 0.15) is 0 Å². The number of carbonyl (C=O) groups excluding carboxylic acids is 2. The van der Waals surface area contributed by atoms with Crippen molar-refractivity contribution in [2.45, 2.75) is 33.2 Å². The Hall–Kier alpha value is -0.700. The van der Waals surface area contributed by atoms with Crippen LogP contribution in [0.3, 0.4) is 0 Å². The van der Waals surface area contributed by atoms with Gasteiger partial charge in [-0.2, -0.15) is 9.59 Å². The van der Waals surface area contributed by atoms with Crippen molar-refractivity contribution in [2.24, 2.45) is 0 Å². The second kappa shape index (κ2) is 6.72. The summed E-state index contributed by atoms with van der Waals surface area (Å²) in [6.07, 6.45) is 0.250. The zero-order valence-electron chi connectivity index (χ0n) is 10.2. The Balaban J connectivity index is 0.000000583. The van der Waals surface area contributed by atoms with Gasteiger partial charge in [0, 0.05) is 31.7 Å². The van der Waals surface area contributed by atoms with E-state index in [4.69, 9.17) is 9.59 Å². The summed E-state index contributed by atoms with van der Waals surface area (Å²) in [6, 6.07) is 0. The topological polar surface area (TPSA) is 40.6 Å². The van der Waals surface area contributed by atoms with E-state index in [1.54, 1.807) is 0 Å². The quantitative estimate of drug-likeness (QED) is 0.648. The first-order valence-electron chi connectivity index (χ1n) is 5.42. The highest BCUT2D eigenvalue weighted by Gasteiger charge is 2.24. The summed E-state index contributed by atoms with van der Waals surface area (Å²) in [6.45, 7) is 15.3. The largest absolute Gasteiger partial charge is 0.373 e. The predicted octanol–water partition coefficient (Wildman–Crippen LogP) is 0.839. The average molecular weight is 214 g/mol. The van der Waals surface area contributed by atoms with Crippen molar-refractivity contribution in [3.8, 4) is 0 Å². The van der Waals surface area contributed by atoms with E-state index in [9.17, 15) is 0 Å². The van der Waals surface area contributed by atoms with Gasteiger partial charge in [0.15, 0.2) is 0 Å². The number of hydrogen-bond acceptors (Lipinski definition) is 4. The lowest BCUT2D eigenvalue weighted by Crippen LogP contribution is -2.53. The van der Waals surface area contributed by atoms with Crippen LogP contribution in [0.2, 0.25) is 0 Å². The molecule has 88 valence electrons. The molecule has 0 N–H and O–H groups in total. The van der Waals surface area contributed by atoms with Gasteiger partial charge in [-0.1, -0.05) is 6.92 Å². The lowest BCUT2D eigenvalue weighted by molar-refractivity contribution is -0.191. The van der Waals surface area contributed by atoms with Gasteiger partial charge in [-0.15, -0.1) is 0 Å². The van der Waals surface area contributed by atoms with Gasteiger partial charge in [0.05, 0.1) is 0 Å². The third-order valence-electron chi connectivity index (χ3n) is 2.77. The van der Waals surface area contributed by atoms with Crippen molar-refractivity contribution in [2.75, 3.05) is 32.7 Å². The van der Waals surface area contributed by atoms with Crippen LogP contribution in [0.25, 0.3) is 0 Å². The minimum Gasteiger partial charge on any atom is -0.301 e. The minimum atomic E-state index is 0.250. The number of hydrogen-bond donors (Lipinski definition) is 0. The van der Waals surface area contributed by atoms with Crippen LogP contribution < -0.4 is 0 Å². The number of rotatable bonds is 1. The van der Waals surface area contributed by atoms with Crippen LogP contribution in [0.15, 0.2) is 0 Å². The molecule has 0 bridgehead atoms. The zero-order chi connectivity index (χ0) is 11.9. The Labute approximate surface area is 92.2 Å². The molecule has 0 atom stereocenters. The molecule has 0 aromatic heterocycles. The molecular formula is C11H22N2O2. The molecule has 0 spiro atoms. The summed E-state index contributed by atoms with van der Waals surface area (Å²) in [5, 5.41) is 0. The molecule has 0 aromatic rings. The molecule has 4 nitrogen and oxygen atoms in total. The molecule has 1 rings (SSSR count). The fourth-order valence-corrected chi connectivity index (χ4v) is 1.73. The zero-order valence-corrected chi connectivity index (χ0v) is 10.2. The Morgan fingerprint density at radius 3 is 1.73 bits per heavy atom. The van der Waals surface area contributed by atoms with Crippen molar-refractivity contribution in [1.82, 2.24) is 9.80 Å². The van der Waals surface area contributed by atoms with Crippen molar-refractivity contribution >= 4 is 6.15 Å². The molecule has 0 unspecified atom stereocenters. The van der Waals surface area contributed by atoms with E-state index in [0.717, 1.165) is 0 Å². The van der Waals surface area contributed by atoms with E-state index in [0.29, 0.717) is 5.54 Å². The second-order valence-electron chi connectivity index (χ2n) is 4.68. The Bertz CT molecular complexity index is 197. The molecule has 15 heavy (non-hydrogen) atoms. The van der Waals surface area contributed by atoms with Crippen LogP contribution in [0.5, 0.6) is 0 Å². The molecule has 0 saturated carbocycles. The van der Waals surface area contributed by atoms with Crippen LogP contribution >= 0.6 is 0 Å². The molecule has 0 radical (unpaired) electrons. The summed E-state index contributed by atoms with van der Waals surface area (Å²) in [4.78, 5) is 21.3. The van der Waals surface area contributed by atoms with Crippen molar-refractivity contribution in [1.29, 1.82) is 0 Å². The van der Waals surface area contributed by atoms with Gasteiger partial charge in [0.2, 0.25) is 0 Å². The maximum atomic E-state index is 8.12. The number of likely N-dealkylation sites (N-methyl/N-ethyl adjacent to an activating group) is 1. The molecule has 1 aliphatic heterocycles. The van der Waals surface area contributed by atoms with Crippen LogP contribution in [0.1, 0.15) is 27.7 Å². The normalized spacial score (nSPS) is 18.9. The highest BCUT2D eigenvalue weighted by atomic mass is 16.2. The highest BCUT2D eigenvalue weighted by molar-refractivity contribution is 5.20. The fourth-order valence-electron chi connectivity index (χ4n) is 1.73. The van der Waals surface area contributed by atoms with Crippen molar-refractivity contribution in [3.63, 3.8) is 0 Å². The maximum absolute atomic E-state index is 8.12. The Morgan fingerprint density at radius 1 is 1.07 bits per heavy atom. The first-order chi connectivity index (χ1) is 6.95. The van der Waals surface area contributed by atoms with E-state index < -0.39 is 0 Å². The van der Waals surface area contributed by atoms with Gasteiger partial charge >= 0.3 is 6.15 Å². The number of piperazine rings is 1. The molecule has 1 aliphatic rings. The van der Waals surface area contributed by atoms with Crippen LogP contribution in [0.4, 0.5) is 0 Å². The SMILES string of the molecule is CCN1CCN(C(C)(C)C)CC1.O=C=O. The molecule has 0 aromatic carbocycles. The Morgan fingerprint density at radius 2 is 1.47 bits per heavy atom. The maximum Gasteiger partial charge on any atom is 0.373 e. The minimum absolute atomic E-state index is 0.250. The van der Waals surface area contributed by atoms with E-state index in [-0.39, 0.29) is 6.15 Å². The first kappa shape index (κ1) is 14.3. The van der Waals surface area contributed by atoms with Gasteiger partial charge in [-0.05, 0) is 27.3 Å². The number of nitrogens with zero attached hydrogens (tertiary/aromatic N) is 2. The lowest BCUT2D eigenvalue weighted by atomic mass is 10.1. The van der Waals surface area contributed by atoms with Crippen LogP contribution in [0, 0.1) is 0 Å². The Kier molecular flexibility index (Phi) is 6.41. The van der Waals surface area contributed by atoms with Gasteiger partial charge in [-0.3, -0.25) is 4.90 Å². The molecular weight excluding hydrogens is 192 g/mol. The summed E-state index contributed by atoms with van der Waals surface area (Å²) < 4.78 is 0. The summed E-state index contributed by atoms with van der Waals surface area (Å²) in [5.74, 6) is 0. The second-order valence-corrected chi connectivity index (χ2v) is 4.68. The van der Waals surface area contributed by atoms with Crippen molar-refractivity contribution < 1.29 is 9.59 Å². The monoisotopic (exact) mass is 214 g/mol. The lowest BCUT2D eigenvalue weighted by Gasteiger charge is -2.42. The van der Waals surface area contributed by atoms with E-state index >= 15 is 0 Å². The molecule has 4 heteroatoms. The third-order valence-corrected chi connectivity index (χ3v) is 2.77. The predicted molar refractivity (Wildman–Crippen MR) is 58.4 cm³/mol. The third kappa shape index (κ3) is 5.67. The fraction of sp³-hybridized carbons (Fsp3) is 0.909. The molecule has 1 fully saturated rings. The molecule has 1 saturated heterocycles. The van der Waals surface area contributed by atoms with Gasteiger partial charge in [0.25, 0.3) is 0 Å². The average Bonchev–Trinajstić information content (AvgIpc) is 2.18. The standard InChI is InChI=1S/C10H22N2.CO2/c1-5-11-6-8-12(9-7-11)10(2,3)4;2-1-3/h5-9H2,1-4H3;. The van der Waals surface area contributed by atoms with Gasteiger partial charge in [-0.25, -0.2) is 0 Å². The first-order valence-corrected chi connectivity index (χ1v) is 5.42. The molecule has 0 amide bonds. The van der Waals surface area contributed by atoms with Gasteiger partial charge < -0.3 is 4.90 Å². The summed E-state index contributed by atoms with van der Waals surface area (Å²) in [7, 11) is 0. The van der Waals surface area contributed by atoms with E-state index in [1.165, 1.54) is 32.7 Å². The highest BCUT2D eigenvalue weighted by Crippen LogP contribution is 2.15. The summed E-state index contributed by atoms with van der Waals surface area (Å²) in [5.41, 5.74) is 0.361.